The number of halogens is 1. The van der Waals surface area contributed by atoms with Gasteiger partial charge in [0.1, 0.15) is 5.82 Å². The highest BCUT2D eigenvalue weighted by atomic mass is 19.1. The van der Waals surface area contributed by atoms with E-state index < -0.39 is 0 Å². The summed E-state index contributed by atoms with van der Waals surface area (Å²) in [6.45, 7) is 3.18. The molecule has 1 aliphatic heterocycles. The van der Waals surface area contributed by atoms with Crippen molar-refractivity contribution in [3.8, 4) is 0 Å². The second-order valence-corrected chi connectivity index (χ2v) is 5.61. The summed E-state index contributed by atoms with van der Waals surface area (Å²) in [5, 5.41) is 2.88. The van der Waals surface area contributed by atoms with Gasteiger partial charge < -0.3 is 15.1 Å². The zero-order chi connectivity index (χ0) is 16.1. The number of urea groups is 1. The van der Waals surface area contributed by atoms with Crippen LogP contribution >= 0.6 is 0 Å². The molecule has 1 aromatic carbocycles. The van der Waals surface area contributed by atoms with Gasteiger partial charge >= 0.3 is 6.03 Å². The summed E-state index contributed by atoms with van der Waals surface area (Å²) in [5.41, 5.74) is 0.655. The first-order valence-electron chi connectivity index (χ1n) is 7.58. The number of nitrogens with zero attached hydrogens (tertiary/aromatic N) is 2. The van der Waals surface area contributed by atoms with Crippen LogP contribution in [-0.2, 0) is 4.79 Å². The molecular formula is C16H22FN3O2. The van der Waals surface area contributed by atoms with Crippen LogP contribution in [0.2, 0.25) is 0 Å². The maximum atomic E-state index is 12.9. The second-order valence-electron chi connectivity index (χ2n) is 5.61. The molecule has 0 unspecified atom stereocenters. The minimum Gasteiger partial charge on any atom is -0.333 e. The summed E-state index contributed by atoms with van der Waals surface area (Å²) >= 11 is 0. The molecule has 3 amide bonds. The number of benzene rings is 1. The van der Waals surface area contributed by atoms with Crippen molar-refractivity contribution in [1.82, 2.24) is 10.2 Å². The van der Waals surface area contributed by atoms with Gasteiger partial charge in [-0.25, -0.2) is 9.18 Å². The van der Waals surface area contributed by atoms with Crippen molar-refractivity contribution in [2.24, 2.45) is 0 Å². The van der Waals surface area contributed by atoms with E-state index in [2.05, 4.69) is 12.2 Å². The lowest BCUT2D eigenvalue weighted by molar-refractivity contribution is -0.117. The predicted octanol–water partition coefficient (Wildman–Crippen LogP) is 2.37. The van der Waals surface area contributed by atoms with Crippen molar-refractivity contribution in [3.63, 3.8) is 0 Å². The second kappa shape index (κ2) is 7.24. The van der Waals surface area contributed by atoms with E-state index in [1.165, 1.54) is 12.1 Å². The fourth-order valence-electron chi connectivity index (χ4n) is 2.46. The van der Waals surface area contributed by atoms with Crippen molar-refractivity contribution in [3.05, 3.63) is 30.1 Å². The number of amides is 3. The van der Waals surface area contributed by atoms with Gasteiger partial charge in [0.15, 0.2) is 0 Å². The highest BCUT2D eigenvalue weighted by molar-refractivity contribution is 5.96. The third-order valence-corrected chi connectivity index (χ3v) is 3.78. The minimum absolute atomic E-state index is 0.0619. The standard InChI is InChI=1S/C16H22FN3O2/c1-3-4-9-19(2)16(22)18-13-10-15(21)20(11-13)14-7-5-12(17)6-8-14/h5-8,13H,3-4,9-11H2,1-2H3,(H,18,22)/t13-/m1/s1. The van der Waals surface area contributed by atoms with Gasteiger partial charge in [0, 0.05) is 32.2 Å². The summed E-state index contributed by atoms with van der Waals surface area (Å²) in [6, 6.07) is 5.43. The number of nitrogens with one attached hydrogen (secondary N) is 1. The number of hydrogen-bond donors (Lipinski definition) is 1. The van der Waals surface area contributed by atoms with Crippen molar-refractivity contribution >= 4 is 17.6 Å². The lowest BCUT2D eigenvalue weighted by atomic mass is 10.2. The molecule has 0 aromatic heterocycles. The fourth-order valence-corrected chi connectivity index (χ4v) is 2.46. The summed E-state index contributed by atoms with van der Waals surface area (Å²) in [6.07, 6.45) is 2.25. The van der Waals surface area contributed by atoms with Crippen molar-refractivity contribution < 1.29 is 14.0 Å². The Labute approximate surface area is 130 Å². The van der Waals surface area contributed by atoms with Crippen molar-refractivity contribution in [2.75, 3.05) is 25.0 Å². The van der Waals surface area contributed by atoms with Crippen LogP contribution in [-0.4, -0.2) is 43.0 Å². The van der Waals surface area contributed by atoms with Crippen LogP contribution < -0.4 is 10.2 Å². The van der Waals surface area contributed by atoms with E-state index >= 15 is 0 Å². The average molecular weight is 307 g/mol. The van der Waals surface area contributed by atoms with Crippen molar-refractivity contribution in [2.45, 2.75) is 32.2 Å². The van der Waals surface area contributed by atoms with E-state index in [1.807, 2.05) is 0 Å². The first-order valence-corrected chi connectivity index (χ1v) is 7.58. The van der Waals surface area contributed by atoms with Gasteiger partial charge in [-0.3, -0.25) is 4.79 Å². The first kappa shape index (κ1) is 16.3. The van der Waals surface area contributed by atoms with Crippen LogP contribution in [0, 0.1) is 5.82 Å². The molecule has 5 nitrogen and oxygen atoms in total. The van der Waals surface area contributed by atoms with Gasteiger partial charge in [-0.2, -0.15) is 0 Å². The Morgan fingerprint density at radius 1 is 1.41 bits per heavy atom. The molecule has 0 bridgehead atoms. The summed E-state index contributed by atoms with van der Waals surface area (Å²) in [5.74, 6) is -0.397. The van der Waals surface area contributed by atoms with E-state index in [0.717, 1.165) is 12.8 Å². The van der Waals surface area contributed by atoms with Gasteiger partial charge in [-0.1, -0.05) is 13.3 Å². The first-order chi connectivity index (χ1) is 10.5. The van der Waals surface area contributed by atoms with Gasteiger partial charge in [-0.15, -0.1) is 0 Å². The SMILES string of the molecule is CCCCN(C)C(=O)N[C@@H]1CC(=O)N(c2ccc(F)cc2)C1. The Balaban J connectivity index is 1.92. The molecule has 120 valence electrons. The lowest BCUT2D eigenvalue weighted by Crippen LogP contribution is -2.44. The molecule has 6 heteroatoms. The molecule has 1 aromatic rings. The number of anilines is 1. The zero-order valence-corrected chi connectivity index (χ0v) is 13.0. The van der Waals surface area contributed by atoms with Crippen LogP contribution in [0.25, 0.3) is 0 Å². The van der Waals surface area contributed by atoms with Gasteiger partial charge in [-0.05, 0) is 30.7 Å². The molecule has 0 spiro atoms. The average Bonchev–Trinajstić information content (AvgIpc) is 2.86. The van der Waals surface area contributed by atoms with Crippen LogP contribution in [0.4, 0.5) is 14.9 Å². The molecule has 1 aliphatic rings. The molecule has 22 heavy (non-hydrogen) atoms. The molecule has 1 atom stereocenters. The lowest BCUT2D eigenvalue weighted by Gasteiger charge is -2.21. The van der Waals surface area contributed by atoms with Crippen LogP contribution in [0.15, 0.2) is 24.3 Å². The molecule has 1 N–H and O–H groups in total. The maximum absolute atomic E-state index is 12.9. The summed E-state index contributed by atoms with van der Waals surface area (Å²) < 4.78 is 12.9. The monoisotopic (exact) mass is 307 g/mol. The largest absolute Gasteiger partial charge is 0.333 e. The summed E-state index contributed by atoms with van der Waals surface area (Å²) in [4.78, 5) is 27.3. The summed E-state index contributed by atoms with van der Waals surface area (Å²) in [7, 11) is 1.75. The minimum atomic E-state index is -0.335. The Bertz CT molecular complexity index is 533. The molecule has 0 radical (unpaired) electrons. The molecular weight excluding hydrogens is 285 g/mol. The van der Waals surface area contributed by atoms with E-state index in [9.17, 15) is 14.0 Å². The smallest absolute Gasteiger partial charge is 0.317 e. The van der Waals surface area contributed by atoms with E-state index in [1.54, 1.807) is 29.0 Å². The Morgan fingerprint density at radius 3 is 2.73 bits per heavy atom. The van der Waals surface area contributed by atoms with Crippen LogP contribution in [0.3, 0.4) is 0 Å². The van der Waals surface area contributed by atoms with Gasteiger partial charge in [0.2, 0.25) is 5.91 Å². The fraction of sp³-hybridized carbons (Fsp3) is 0.500. The van der Waals surface area contributed by atoms with Gasteiger partial charge in [0.25, 0.3) is 0 Å². The molecule has 1 saturated heterocycles. The van der Waals surface area contributed by atoms with Crippen LogP contribution in [0.1, 0.15) is 26.2 Å². The predicted molar refractivity (Wildman–Crippen MR) is 83.2 cm³/mol. The quantitative estimate of drug-likeness (QED) is 0.908. The molecule has 0 aliphatic carbocycles. The number of hydrogen-bond acceptors (Lipinski definition) is 2. The van der Waals surface area contributed by atoms with E-state index in [0.29, 0.717) is 18.8 Å². The maximum Gasteiger partial charge on any atom is 0.317 e. The zero-order valence-electron chi connectivity index (χ0n) is 13.0. The third-order valence-electron chi connectivity index (χ3n) is 3.78. The highest BCUT2D eigenvalue weighted by Gasteiger charge is 2.32. The topological polar surface area (TPSA) is 52.7 Å². The molecule has 1 heterocycles. The normalized spacial score (nSPS) is 17.7. The highest BCUT2D eigenvalue weighted by Crippen LogP contribution is 2.21. The van der Waals surface area contributed by atoms with Crippen molar-refractivity contribution in [1.29, 1.82) is 0 Å². The number of rotatable bonds is 5. The molecule has 0 saturated carbocycles. The molecule has 1 fully saturated rings. The van der Waals surface area contributed by atoms with Gasteiger partial charge in [0.05, 0.1) is 6.04 Å². The third kappa shape index (κ3) is 3.96. The van der Waals surface area contributed by atoms with E-state index in [-0.39, 0.29) is 30.2 Å². The number of carbonyl (C=O) groups excluding carboxylic acids is 2. The van der Waals surface area contributed by atoms with E-state index in [4.69, 9.17) is 0 Å². The molecule has 2 rings (SSSR count). The Kier molecular flexibility index (Phi) is 5.35. The number of carbonyl (C=O) groups is 2. The number of unbranched alkanes of at least 4 members (excludes halogenated alkanes) is 1. The Morgan fingerprint density at radius 2 is 2.09 bits per heavy atom. The van der Waals surface area contributed by atoms with Crippen LogP contribution in [0.5, 0.6) is 0 Å². The Hall–Kier alpha value is -2.11.